The number of aliphatic hydroxyl groups excluding tert-OH is 1. The summed E-state index contributed by atoms with van der Waals surface area (Å²) in [6.07, 6.45) is 0.537. The number of aliphatic hydroxyl groups is 1. The minimum Gasteiger partial charge on any atom is -0.503 e. The fourth-order valence-electron chi connectivity index (χ4n) is 1.38. The lowest BCUT2D eigenvalue weighted by atomic mass is 10.1. The molecule has 17 heavy (non-hydrogen) atoms. The van der Waals surface area contributed by atoms with Crippen LogP contribution < -0.4 is 10.5 Å². The van der Waals surface area contributed by atoms with Crippen LogP contribution in [-0.2, 0) is 6.42 Å². The van der Waals surface area contributed by atoms with Gasteiger partial charge in [-0.05, 0) is 47.0 Å². The molecule has 1 unspecified atom stereocenters. The number of benzene rings is 1. The van der Waals surface area contributed by atoms with Crippen LogP contribution in [0.25, 0.3) is 0 Å². The van der Waals surface area contributed by atoms with Gasteiger partial charge >= 0.3 is 0 Å². The Kier molecular flexibility index (Phi) is 7.54. The van der Waals surface area contributed by atoms with Gasteiger partial charge in [-0.25, -0.2) is 0 Å². The summed E-state index contributed by atoms with van der Waals surface area (Å²) in [5, 5.41) is 18.6. The predicted molar refractivity (Wildman–Crippen MR) is 73.0 cm³/mol. The van der Waals surface area contributed by atoms with E-state index in [2.05, 4.69) is 15.9 Å². The number of aromatic hydroxyl groups is 1. The van der Waals surface area contributed by atoms with E-state index in [1.54, 1.807) is 12.1 Å². The minimum absolute atomic E-state index is 0. The van der Waals surface area contributed by atoms with Gasteiger partial charge in [-0.2, -0.15) is 0 Å². The van der Waals surface area contributed by atoms with E-state index in [1.165, 1.54) is 0 Å². The van der Waals surface area contributed by atoms with Gasteiger partial charge in [0.25, 0.3) is 0 Å². The number of phenols is 1. The van der Waals surface area contributed by atoms with Crippen molar-refractivity contribution < 1.29 is 14.9 Å². The van der Waals surface area contributed by atoms with Crippen molar-refractivity contribution in [3.63, 3.8) is 0 Å². The Labute approximate surface area is 115 Å². The fourth-order valence-corrected chi connectivity index (χ4v) is 1.87. The first-order valence-electron chi connectivity index (χ1n) is 5.09. The number of halogens is 2. The van der Waals surface area contributed by atoms with Gasteiger partial charge < -0.3 is 20.7 Å². The summed E-state index contributed by atoms with van der Waals surface area (Å²) in [7, 11) is 0. The molecule has 0 saturated carbocycles. The van der Waals surface area contributed by atoms with E-state index >= 15 is 0 Å². The highest BCUT2D eigenvalue weighted by Gasteiger charge is 2.11. The van der Waals surface area contributed by atoms with Crippen LogP contribution in [0.4, 0.5) is 0 Å². The molecule has 1 rings (SSSR count). The van der Waals surface area contributed by atoms with Crippen molar-refractivity contribution in [3.05, 3.63) is 22.2 Å². The molecule has 1 aromatic rings. The number of nitrogens with two attached hydrogens (primary N) is 1. The van der Waals surface area contributed by atoms with E-state index in [4.69, 9.17) is 15.6 Å². The van der Waals surface area contributed by atoms with Gasteiger partial charge in [0.1, 0.15) is 0 Å². The zero-order valence-electron chi connectivity index (χ0n) is 9.52. The standard InChI is InChI=1S/C11H16BrNO3.ClH/c1-2-16-10-5-7(3-8(13)6-14)4-9(12)11(10)15;/h4-5,8,14-15H,2-3,6,13H2,1H3;1H. The molecule has 4 N–H and O–H groups in total. The van der Waals surface area contributed by atoms with Gasteiger partial charge in [-0.15, -0.1) is 12.4 Å². The van der Waals surface area contributed by atoms with Crippen LogP contribution in [0.3, 0.4) is 0 Å². The van der Waals surface area contributed by atoms with Gasteiger partial charge in [0.15, 0.2) is 11.5 Å². The van der Waals surface area contributed by atoms with Gasteiger partial charge in [0.05, 0.1) is 17.7 Å². The Hall–Kier alpha value is -0.490. The first kappa shape index (κ1) is 16.5. The Morgan fingerprint density at radius 1 is 1.47 bits per heavy atom. The molecule has 1 atom stereocenters. The predicted octanol–water partition coefficient (Wildman–Crippen LogP) is 1.84. The average Bonchev–Trinajstić information content (AvgIpc) is 2.25. The summed E-state index contributed by atoms with van der Waals surface area (Å²) in [6.45, 7) is 2.26. The minimum atomic E-state index is -0.300. The first-order valence-corrected chi connectivity index (χ1v) is 5.88. The van der Waals surface area contributed by atoms with Crippen LogP contribution in [0.15, 0.2) is 16.6 Å². The topological polar surface area (TPSA) is 75.7 Å². The van der Waals surface area contributed by atoms with E-state index < -0.39 is 0 Å². The molecule has 0 heterocycles. The molecule has 0 bridgehead atoms. The Morgan fingerprint density at radius 2 is 2.12 bits per heavy atom. The van der Waals surface area contributed by atoms with Crippen molar-refractivity contribution in [1.82, 2.24) is 0 Å². The van der Waals surface area contributed by atoms with E-state index in [0.717, 1.165) is 5.56 Å². The SMILES string of the molecule is CCOc1cc(CC(N)CO)cc(Br)c1O.Cl. The van der Waals surface area contributed by atoms with Gasteiger partial charge in [0.2, 0.25) is 0 Å². The lowest BCUT2D eigenvalue weighted by molar-refractivity contribution is 0.265. The van der Waals surface area contributed by atoms with E-state index in [0.29, 0.717) is 23.2 Å². The molecular formula is C11H17BrClNO3. The molecule has 0 aliphatic rings. The van der Waals surface area contributed by atoms with Crippen LogP contribution in [0.1, 0.15) is 12.5 Å². The van der Waals surface area contributed by atoms with Gasteiger partial charge in [-0.1, -0.05) is 0 Å². The molecule has 0 radical (unpaired) electrons. The van der Waals surface area contributed by atoms with Crippen LogP contribution in [-0.4, -0.2) is 29.5 Å². The van der Waals surface area contributed by atoms with Crippen molar-refractivity contribution in [2.75, 3.05) is 13.2 Å². The van der Waals surface area contributed by atoms with Crippen LogP contribution in [0.2, 0.25) is 0 Å². The van der Waals surface area contributed by atoms with Crippen LogP contribution >= 0.6 is 28.3 Å². The average molecular weight is 327 g/mol. The van der Waals surface area contributed by atoms with Crippen molar-refractivity contribution >= 4 is 28.3 Å². The van der Waals surface area contributed by atoms with E-state index in [1.807, 2.05) is 6.92 Å². The zero-order chi connectivity index (χ0) is 12.1. The smallest absolute Gasteiger partial charge is 0.172 e. The maximum Gasteiger partial charge on any atom is 0.172 e. The molecule has 0 amide bonds. The lowest BCUT2D eigenvalue weighted by Crippen LogP contribution is -2.26. The molecule has 1 aromatic carbocycles. The van der Waals surface area contributed by atoms with Crippen LogP contribution in [0.5, 0.6) is 11.5 Å². The van der Waals surface area contributed by atoms with E-state index in [-0.39, 0.29) is 30.8 Å². The highest BCUT2D eigenvalue weighted by molar-refractivity contribution is 9.10. The van der Waals surface area contributed by atoms with Gasteiger partial charge in [0, 0.05) is 6.04 Å². The van der Waals surface area contributed by atoms with Crippen molar-refractivity contribution in [2.45, 2.75) is 19.4 Å². The highest BCUT2D eigenvalue weighted by atomic mass is 79.9. The Bertz CT molecular complexity index is 363. The van der Waals surface area contributed by atoms with Crippen molar-refractivity contribution in [1.29, 1.82) is 0 Å². The second-order valence-electron chi connectivity index (χ2n) is 3.50. The molecule has 98 valence electrons. The van der Waals surface area contributed by atoms with E-state index in [9.17, 15) is 5.11 Å². The second-order valence-corrected chi connectivity index (χ2v) is 4.36. The number of hydrogen-bond donors (Lipinski definition) is 3. The molecule has 4 nitrogen and oxygen atoms in total. The van der Waals surface area contributed by atoms with Gasteiger partial charge in [-0.3, -0.25) is 0 Å². The van der Waals surface area contributed by atoms with Crippen LogP contribution in [0, 0.1) is 0 Å². The lowest BCUT2D eigenvalue weighted by Gasteiger charge is -2.12. The molecule has 0 fully saturated rings. The highest BCUT2D eigenvalue weighted by Crippen LogP contribution is 2.35. The number of rotatable bonds is 5. The maximum absolute atomic E-state index is 9.69. The maximum atomic E-state index is 9.69. The largest absolute Gasteiger partial charge is 0.503 e. The molecule has 0 spiro atoms. The molecule has 0 aliphatic heterocycles. The third kappa shape index (κ3) is 4.71. The summed E-state index contributed by atoms with van der Waals surface area (Å²) in [5.74, 6) is 0.514. The molecular weight excluding hydrogens is 309 g/mol. The molecule has 0 aliphatic carbocycles. The number of phenolic OH excluding ortho intramolecular Hbond substituents is 1. The quantitative estimate of drug-likeness (QED) is 0.772. The third-order valence-electron chi connectivity index (χ3n) is 2.12. The summed E-state index contributed by atoms with van der Waals surface area (Å²) in [4.78, 5) is 0. The molecule has 0 saturated heterocycles. The first-order chi connectivity index (χ1) is 7.58. The molecule has 0 aromatic heterocycles. The Morgan fingerprint density at radius 3 is 2.65 bits per heavy atom. The van der Waals surface area contributed by atoms with Crippen molar-refractivity contribution in [3.8, 4) is 11.5 Å². The fraction of sp³-hybridized carbons (Fsp3) is 0.455. The summed E-state index contributed by atoms with van der Waals surface area (Å²) < 4.78 is 5.86. The summed E-state index contributed by atoms with van der Waals surface area (Å²) in [5.41, 5.74) is 6.56. The second kappa shape index (κ2) is 7.76. The third-order valence-corrected chi connectivity index (χ3v) is 2.72. The summed E-state index contributed by atoms with van der Waals surface area (Å²) in [6, 6.07) is 3.21. The summed E-state index contributed by atoms with van der Waals surface area (Å²) >= 11 is 3.25. The normalized spacial score (nSPS) is 11.8. The monoisotopic (exact) mass is 325 g/mol. The number of ether oxygens (including phenoxy) is 1. The Balaban J connectivity index is 0.00000256. The van der Waals surface area contributed by atoms with Crippen molar-refractivity contribution in [2.24, 2.45) is 5.73 Å². The number of hydrogen-bond acceptors (Lipinski definition) is 4. The molecule has 6 heteroatoms. The zero-order valence-corrected chi connectivity index (χ0v) is 11.9.